The fourth-order valence-electron chi connectivity index (χ4n) is 0.403. The maximum Gasteiger partial charge on any atom is 0.0562 e. The van der Waals surface area contributed by atoms with Crippen LogP contribution < -0.4 is 0 Å². The Labute approximate surface area is 57.5 Å². The van der Waals surface area contributed by atoms with Crippen LogP contribution in [0.25, 0.3) is 0 Å². The Kier molecular flexibility index (Phi) is 6.19. The Balaban J connectivity index is 0. The molecule has 0 aromatic carbocycles. The van der Waals surface area contributed by atoms with Gasteiger partial charge in [0.15, 0.2) is 0 Å². The van der Waals surface area contributed by atoms with Crippen molar-refractivity contribution < 1.29 is 10.2 Å². The SMILES string of the molecule is C.CC(O)C(C)C(C)O. The third-order valence-electron chi connectivity index (χ3n) is 1.52. The van der Waals surface area contributed by atoms with Crippen LogP contribution in [-0.2, 0) is 0 Å². The van der Waals surface area contributed by atoms with Crippen LogP contribution in [0.1, 0.15) is 28.2 Å². The van der Waals surface area contributed by atoms with Gasteiger partial charge in [-0.15, -0.1) is 0 Å². The van der Waals surface area contributed by atoms with Gasteiger partial charge in [0.1, 0.15) is 0 Å². The minimum absolute atomic E-state index is 0. The molecular formula is C7H18O2. The molecule has 0 aliphatic rings. The number of hydrogen-bond donors (Lipinski definition) is 2. The second-order valence-corrected chi connectivity index (χ2v) is 2.34. The Morgan fingerprint density at radius 3 is 1.11 bits per heavy atom. The summed E-state index contributed by atoms with van der Waals surface area (Å²) >= 11 is 0. The average molecular weight is 134 g/mol. The van der Waals surface area contributed by atoms with E-state index in [9.17, 15) is 0 Å². The van der Waals surface area contributed by atoms with E-state index in [4.69, 9.17) is 10.2 Å². The zero-order valence-electron chi connectivity index (χ0n) is 5.63. The fraction of sp³-hybridized carbons (Fsp3) is 1.00. The van der Waals surface area contributed by atoms with E-state index >= 15 is 0 Å². The number of hydrogen-bond acceptors (Lipinski definition) is 2. The van der Waals surface area contributed by atoms with Gasteiger partial charge in [0.2, 0.25) is 0 Å². The Hall–Kier alpha value is -0.0800. The first-order valence-corrected chi connectivity index (χ1v) is 2.92. The van der Waals surface area contributed by atoms with Gasteiger partial charge < -0.3 is 10.2 Å². The first kappa shape index (κ1) is 11.7. The van der Waals surface area contributed by atoms with Gasteiger partial charge in [0, 0.05) is 5.92 Å². The summed E-state index contributed by atoms with van der Waals surface area (Å²) in [6.07, 6.45) is -0.815. The largest absolute Gasteiger partial charge is 0.393 e. The highest BCUT2D eigenvalue weighted by atomic mass is 16.3. The van der Waals surface area contributed by atoms with Crippen molar-refractivity contribution in [1.82, 2.24) is 0 Å². The van der Waals surface area contributed by atoms with E-state index in [1.807, 2.05) is 6.92 Å². The molecule has 0 fully saturated rings. The first-order chi connectivity index (χ1) is 3.55. The third-order valence-corrected chi connectivity index (χ3v) is 1.52. The lowest BCUT2D eigenvalue weighted by atomic mass is 10.0. The molecular weight excluding hydrogens is 116 g/mol. The number of aliphatic hydroxyl groups is 2. The summed E-state index contributed by atoms with van der Waals surface area (Å²) in [4.78, 5) is 0. The maximum absolute atomic E-state index is 8.83. The van der Waals surface area contributed by atoms with Crippen LogP contribution in [0.4, 0.5) is 0 Å². The van der Waals surface area contributed by atoms with Crippen LogP contribution in [0.3, 0.4) is 0 Å². The van der Waals surface area contributed by atoms with E-state index in [1.54, 1.807) is 13.8 Å². The zero-order chi connectivity index (χ0) is 6.73. The molecule has 2 N–H and O–H groups in total. The first-order valence-electron chi connectivity index (χ1n) is 2.92. The van der Waals surface area contributed by atoms with Crippen molar-refractivity contribution in [3.63, 3.8) is 0 Å². The minimum atomic E-state index is -0.407. The molecule has 2 unspecified atom stereocenters. The van der Waals surface area contributed by atoms with E-state index in [-0.39, 0.29) is 13.3 Å². The van der Waals surface area contributed by atoms with Crippen LogP contribution in [0, 0.1) is 5.92 Å². The molecule has 0 aliphatic carbocycles. The molecule has 0 aromatic rings. The van der Waals surface area contributed by atoms with E-state index in [1.165, 1.54) is 0 Å². The van der Waals surface area contributed by atoms with Crippen molar-refractivity contribution in [2.45, 2.75) is 40.4 Å². The molecule has 0 amide bonds. The van der Waals surface area contributed by atoms with Crippen molar-refractivity contribution in [1.29, 1.82) is 0 Å². The Bertz CT molecular complexity index is 51.9. The smallest absolute Gasteiger partial charge is 0.0562 e. The highest BCUT2D eigenvalue weighted by Crippen LogP contribution is 2.06. The van der Waals surface area contributed by atoms with Gasteiger partial charge in [-0.3, -0.25) is 0 Å². The highest BCUT2D eigenvalue weighted by molar-refractivity contribution is 4.63. The predicted molar refractivity (Wildman–Crippen MR) is 39.3 cm³/mol. The van der Waals surface area contributed by atoms with E-state index < -0.39 is 12.2 Å². The molecule has 0 heterocycles. The molecule has 2 heteroatoms. The molecule has 2 nitrogen and oxygen atoms in total. The summed E-state index contributed by atoms with van der Waals surface area (Å²) in [6, 6.07) is 0. The third kappa shape index (κ3) is 4.43. The summed E-state index contributed by atoms with van der Waals surface area (Å²) in [5, 5.41) is 17.7. The van der Waals surface area contributed by atoms with Crippen molar-refractivity contribution in [2.75, 3.05) is 0 Å². The lowest BCUT2D eigenvalue weighted by Crippen LogP contribution is -2.24. The van der Waals surface area contributed by atoms with Gasteiger partial charge in [-0.05, 0) is 13.8 Å². The summed E-state index contributed by atoms with van der Waals surface area (Å²) in [5.41, 5.74) is 0. The minimum Gasteiger partial charge on any atom is -0.393 e. The molecule has 58 valence electrons. The molecule has 2 atom stereocenters. The summed E-state index contributed by atoms with van der Waals surface area (Å²) in [6.45, 7) is 5.17. The molecule has 0 saturated carbocycles. The highest BCUT2D eigenvalue weighted by Gasteiger charge is 2.13. The van der Waals surface area contributed by atoms with Gasteiger partial charge >= 0.3 is 0 Å². The number of aliphatic hydroxyl groups excluding tert-OH is 2. The van der Waals surface area contributed by atoms with Gasteiger partial charge in [0.25, 0.3) is 0 Å². The normalized spacial score (nSPS) is 19.7. The van der Waals surface area contributed by atoms with Gasteiger partial charge in [-0.1, -0.05) is 14.4 Å². The van der Waals surface area contributed by atoms with Crippen LogP contribution >= 0.6 is 0 Å². The Morgan fingerprint density at radius 2 is 1.11 bits per heavy atom. The standard InChI is InChI=1S/C6H14O2.CH4/c1-4(5(2)7)6(3)8;/h4-8H,1-3H3;1H4. The van der Waals surface area contributed by atoms with Crippen LogP contribution in [0.5, 0.6) is 0 Å². The molecule has 9 heavy (non-hydrogen) atoms. The van der Waals surface area contributed by atoms with Crippen LogP contribution in [-0.4, -0.2) is 22.4 Å². The second-order valence-electron chi connectivity index (χ2n) is 2.34. The van der Waals surface area contributed by atoms with Crippen LogP contribution in [0.2, 0.25) is 0 Å². The van der Waals surface area contributed by atoms with Gasteiger partial charge in [-0.2, -0.15) is 0 Å². The fourth-order valence-corrected chi connectivity index (χ4v) is 0.403. The molecule has 0 saturated heterocycles. The molecule has 0 rings (SSSR count). The average Bonchev–Trinajstić information content (AvgIpc) is 1.64. The van der Waals surface area contributed by atoms with Crippen LogP contribution in [0.15, 0.2) is 0 Å². The Morgan fingerprint density at radius 1 is 0.889 bits per heavy atom. The zero-order valence-corrected chi connectivity index (χ0v) is 5.63. The van der Waals surface area contributed by atoms with E-state index in [0.717, 1.165) is 0 Å². The van der Waals surface area contributed by atoms with Crippen molar-refractivity contribution in [3.05, 3.63) is 0 Å². The molecule has 0 radical (unpaired) electrons. The molecule has 0 spiro atoms. The van der Waals surface area contributed by atoms with Crippen molar-refractivity contribution in [2.24, 2.45) is 5.92 Å². The lowest BCUT2D eigenvalue weighted by Gasteiger charge is -2.16. The quantitative estimate of drug-likeness (QED) is 0.592. The monoisotopic (exact) mass is 134 g/mol. The number of rotatable bonds is 2. The lowest BCUT2D eigenvalue weighted by molar-refractivity contribution is 0.0420. The van der Waals surface area contributed by atoms with Crippen molar-refractivity contribution >= 4 is 0 Å². The van der Waals surface area contributed by atoms with Gasteiger partial charge in [-0.25, -0.2) is 0 Å². The summed E-state index contributed by atoms with van der Waals surface area (Å²) in [7, 11) is 0. The molecule has 0 aromatic heterocycles. The molecule has 0 bridgehead atoms. The summed E-state index contributed by atoms with van der Waals surface area (Å²) < 4.78 is 0. The summed E-state index contributed by atoms with van der Waals surface area (Å²) in [5.74, 6) is -0.0185. The van der Waals surface area contributed by atoms with E-state index in [2.05, 4.69) is 0 Å². The van der Waals surface area contributed by atoms with Crippen molar-refractivity contribution in [3.8, 4) is 0 Å². The predicted octanol–water partition coefficient (Wildman–Crippen LogP) is 1.02. The maximum atomic E-state index is 8.83. The molecule has 0 aliphatic heterocycles. The topological polar surface area (TPSA) is 40.5 Å². The van der Waals surface area contributed by atoms with E-state index in [0.29, 0.717) is 0 Å². The second kappa shape index (κ2) is 4.77. The van der Waals surface area contributed by atoms with Gasteiger partial charge in [0.05, 0.1) is 12.2 Å².